The summed E-state index contributed by atoms with van der Waals surface area (Å²) in [6.07, 6.45) is 5.31. The molecule has 8 rings (SSSR count). The van der Waals surface area contributed by atoms with Crippen LogP contribution in [-0.4, -0.2) is 36.7 Å². The fourth-order valence-corrected chi connectivity index (χ4v) is 15.6. The standard InChI is InChI=1S/C25H31O3P.C24H33O3P/c1-15-19(16-9-10-16)13-20(17-11-12-17)23(27-5)22(15)18-7-6-8-21-24(18)29(26,14-28-21)25(2,3)4;1-14(2)23-27-19-12-10-11-18(22(19)28(23,25)24(6,7)8)20-17(5)15(3)13-16(4)21(20)26-9/h6-8,13,16-17H,9-12,14H2,1-5H3;10-14,23H,1-9H3/t29-;23-,28+/m00/s1. The first-order valence-corrected chi connectivity index (χ1v) is 24.5. The SMILES string of the molecule is COc1c(C)cc(C)c(C)c1-c1cccc2c1[P@](=O)(C(C)(C)C)[C@@H](C(C)C)O2.COc1c(C2CC2)cc(C2CC2)c(C)c1-c1cccc2c1[P@](=O)(C(C)(C)C)CO2. The Balaban J connectivity index is 0.000000174. The van der Waals surface area contributed by atoms with Gasteiger partial charge in [-0.05, 0) is 117 Å². The molecule has 3 atom stereocenters. The van der Waals surface area contributed by atoms with Crippen molar-refractivity contribution in [2.75, 3.05) is 20.6 Å². The fourth-order valence-electron chi connectivity index (χ4n) is 9.24. The molecule has 4 aromatic rings. The molecule has 8 heteroatoms. The van der Waals surface area contributed by atoms with Crippen LogP contribution in [0.5, 0.6) is 23.0 Å². The smallest absolute Gasteiger partial charge is 0.163 e. The zero-order valence-corrected chi connectivity index (χ0v) is 38.6. The Labute approximate surface area is 342 Å². The third-order valence-electron chi connectivity index (χ3n) is 12.9. The van der Waals surface area contributed by atoms with E-state index in [1.54, 1.807) is 14.2 Å². The number of aryl methyl sites for hydroxylation is 2. The molecule has 57 heavy (non-hydrogen) atoms. The molecule has 6 nitrogen and oxygen atoms in total. The minimum absolute atomic E-state index is 0.160. The van der Waals surface area contributed by atoms with Crippen molar-refractivity contribution in [1.82, 2.24) is 0 Å². The van der Waals surface area contributed by atoms with Crippen molar-refractivity contribution in [2.24, 2.45) is 5.92 Å². The van der Waals surface area contributed by atoms with Gasteiger partial charge in [-0.3, -0.25) is 0 Å². The molecule has 0 amide bonds. The van der Waals surface area contributed by atoms with Crippen LogP contribution in [0.25, 0.3) is 22.3 Å². The summed E-state index contributed by atoms with van der Waals surface area (Å²) in [7, 11) is -2.10. The van der Waals surface area contributed by atoms with E-state index in [2.05, 4.69) is 107 Å². The lowest BCUT2D eigenvalue weighted by Crippen LogP contribution is -2.31. The number of benzene rings is 4. The summed E-state index contributed by atoms with van der Waals surface area (Å²) >= 11 is 0. The van der Waals surface area contributed by atoms with Crippen LogP contribution in [0.4, 0.5) is 0 Å². The zero-order valence-electron chi connectivity index (χ0n) is 36.8. The van der Waals surface area contributed by atoms with E-state index in [0.717, 1.165) is 67.0 Å². The minimum atomic E-state index is -2.87. The Hall–Kier alpha value is -3.46. The van der Waals surface area contributed by atoms with Crippen molar-refractivity contribution in [3.05, 3.63) is 81.9 Å². The Morgan fingerprint density at radius 3 is 1.74 bits per heavy atom. The molecule has 306 valence electrons. The third kappa shape index (κ3) is 6.79. The van der Waals surface area contributed by atoms with E-state index in [0.29, 0.717) is 18.2 Å². The normalized spacial score (nSPS) is 22.6. The van der Waals surface area contributed by atoms with Crippen LogP contribution in [0.15, 0.2) is 48.5 Å². The first-order valence-electron chi connectivity index (χ1n) is 20.8. The van der Waals surface area contributed by atoms with Crippen molar-refractivity contribution in [2.45, 2.75) is 137 Å². The van der Waals surface area contributed by atoms with Gasteiger partial charge in [0.2, 0.25) is 0 Å². The van der Waals surface area contributed by atoms with E-state index >= 15 is 0 Å². The van der Waals surface area contributed by atoms with Gasteiger partial charge >= 0.3 is 0 Å². The van der Waals surface area contributed by atoms with Crippen LogP contribution in [0.2, 0.25) is 0 Å². The maximum absolute atomic E-state index is 14.7. The quantitative estimate of drug-likeness (QED) is 0.173. The van der Waals surface area contributed by atoms with Crippen LogP contribution in [-0.2, 0) is 9.13 Å². The number of rotatable bonds is 7. The molecule has 0 spiro atoms. The predicted molar refractivity (Wildman–Crippen MR) is 238 cm³/mol. The van der Waals surface area contributed by atoms with E-state index in [9.17, 15) is 9.13 Å². The highest BCUT2D eigenvalue weighted by Crippen LogP contribution is 2.69. The van der Waals surface area contributed by atoms with Crippen molar-refractivity contribution < 1.29 is 28.1 Å². The lowest BCUT2D eigenvalue weighted by Gasteiger charge is -2.34. The second-order valence-electron chi connectivity index (χ2n) is 19.3. The van der Waals surface area contributed by atoms with Crippen LogP contribution in [0, 0.1) is 33.6 Å². The van der Waals surface area contributed by atoms with E-state index in [1.807, 2.05) is 24.3 Å². The van der Waals surface area contributed by atoms with Crippen LogP contribution in [0.1, 0.15) is 126 Å². The van der Waals surface area contributed by atoms with Crippen molar-refractivity contribution in [3.8, 4) is 45.3 Å². The molecule has 2 saturated carbocycles. The summed E-state index contributed by atoms with van der Waals surface area (Å²) in [5.41, 5.74) is 11.8. The zero-order chi connectivity index (χ0) is 41.6. The number of hydrogen-bond acceptors (Lipinski definition) is 6. The van der Waals surface area contributed by atoms with Gasteiger partial charge in [-0.15, -0.1) is 0 Å². The topological polar surface area (TPSA) is 71.1 Å². The molecule has 2 heterocycles. The monoisotopic (exact) mass is 810 g/mol. The van der Waals surface area contributed by atoms with Gasteiger partial charge in [0, 0.05) is 32.6 Å². The van der Waals surface area contributed by atoms with Gasteiger partial charge in [0.15, 0.2) is 20.1 Å². The lowest BCUT2D eigenvalue weighted by molar-refractivity contribution is 0.232. The van der Waals surface area contributed by atoms with Gasteiger partial charge in [-0.1, -0.05) is 91.8 Å². The first kappa shape index (κ1) is 41.7. The number of hydrogen-bond donors (Lipinski definition) is 0. The molecule has 2 aliphatic heterocycles. The summed E-state index contributed by atoms with van der Waals surface area (Å²) in [6, 6.07) is 16.7. The van der Waals surface area contributed by atoms with Crippen LogP contribution in [0.3, 0.4) is 0 Å². The average Bonchev–Trinajstić information content (AvgIpc) is 4.09. The molecule has 0 unspecified atom stereocenters. The molecule has 0 radical (unpaired) electrons. The van der Waals surface area contributed by atoms with Crippen molar-refractivity contribution >= 4 is 24.9 Å². The number of ether oxygens (including phenoxy) is 4. The Bertz CT molecular complexity index is 2330. The van der Waals surface area contributed by atoms with E-state index < -0.39 is 19.4 Å². The molecule has 0 aromatic heterocycles. The van der Waals surface area contributed by atoms with E-state index in [4.69, 9.17) is 18.9 Å². The number of fused-ring (bicyclic) bond motifs is 2. The van der Waals surface area contributed by atoms with E-state index in [-0.39, 0.29) is 16.9 Å². The molecule has 4 aliphatic rings. The van der Waals surface area contributed by atoms with Gasteiger partial charge in [0.05, 0.1) is 24.8 Å². The van der Waals surface area contributed by atoms with E-state index in [1.165, 1.54) is 47.9 Å². The molecular formula is C49H64O6P2. The van der Waals surface area contributed by atoms with Crippen molar-refractivity contribution in [3.63, 3.8) is 0 Å². The average molecular weight is 811 g/mol. The largest absolute Gasteiger partial charge is 0.496 e. The van der Waals surface area contributed by atoms with Gasteiger partial charge in [0.1, 0.15) is 29.3 Å². The minimum Gasteiger partial charge on any atom is -0.496 e. The Kier molecular flexibility index (Phi) is 10.7. The summed E-state index contributed by atoms with van der Waals surface area (Å²) in [4.78, 5) is 0. The Morgan fingerprint density at radius 1 is 0.667 bits per heavy atom. The summed E-state index contributed by atoms with van der Waals surface area (Å²) in [5.74, 6) is 4.50. The summed E-state index contributed by atoms with van der Waals surface area (Å²) in [5, 5.41) is 1.06. The maximum atomic E-state index is 14.7. The highest BCUT2D eigenvalue weighted by Gasteiger charge is 2.55. The molecule has 0 saturated heterocycles. The van der Waals surface area contributed by atoms with Gasteiger partial charge < -0.3 is 28.1 Å². The highest BCUT2D eigenvalue weighted by atomic mass is 31.2. The maximum Gasteiger partial charge on any atom is 0.163 e. The van der Waals surface area contributed by atoms with Crippen LogP contribution >= 0.6 is 14.3 Å². The molecule has 4 aromatic carbocycles. The van der Waals surface area contributed by atoms with Crippen LogP contribution < -0.4 is 29.6 Å². The fraction of sp³-hybridized carbons (Fsp3) is 0.510. The molecular weight excluding hydrogens is 746 g/mol. The summed E-state index contributed by atoms with van der Waals surface area (Å²) < 4.78 is 53.2. The predicted octanol–water partition coefficient (Wildman–Crippen LogP) is 13.0. The summed E-state index contributed by atoms with van der Waals surface area (Å²) in [6.45, 7) is 25.1. The second-order valence-corrected chi connectivity index (χ2v) is 26.4. The second kappa shape index (κ2) is 14.7. The third-order valence-corrected chi connectivity index (χ3v) is 21.3. The number of methoxy groups -OCH3 is 2. The van der Waals surface area contributed by atoms with Gasteiger partial charge in [-0.2, -0.15) is 0 Å². The lowest BCUT2D eigenvalue weighted by atomic mass is 9.89. The first-order chi connectivity index (χ1) is 26.7. The molecule has 2 aliphatic carbocycles. The van der Waals surface area contributed by atoms with Gasteiger partial charge in [-0.25, -0.2) is 0 Å². The Morgan fingerprint density at radius 2 is 1.21 bits per heavy atom. The highest BCUT2D eigenvalue weighted by molar-refractivity contribution is 7.74. The van der Waals surface area contributed by atoms with Gasteiger partial charge in [0.25, 0.3) is 0 Å². The molecule has 2 fully saturated rings. The molecule has 0 bridgehead atoms. The van der Waals surface area contributed by atoms with Crippen molar-refractivity contribution in [1.29, 1.82) is 0 Å². The molecule has 0 N–H and O–H groups in total.